The van der Waals surface area contributed by atoms with Crippen LogP contribution in [0.3, 0.4) is 0 Å². The molecule has 1 aliphatic carbocycles. The van der Waals surface area contributed by atoms with Crippen LogP contribution >= 0.6 is 11.3 Å². The zero-order valence-corrected chi connectivity index (χ0v) is 10.6. The van der Waals surface area contributed by atoms with Gasteiger partial charge in [0.1, 0.15) is 0 Å². The SMILES string of the molecule is Cc1ccc(-c2c(C#N)ccc3c2CCC3)s1. The van der Waals surface area contributed by atoms with Crippen molar-refractivity contribution in [3.05, 3.63) is 45.8 Å². The molecule has 0 aliphatic heterocycles. The van der Waals surface area contributed by atoms with E-state index in [2.05, 4.69) is 31.2 Å². The largest absolute Gasteiger partial charge is 0.192 e. The van der Waals surface area contributed by atoms with Crippen molar-refractivity contribution < 1.29 is 0 Å². The van der Waals surface area contributed by atoms with Gasteiger partial charge in [0.2, 0.25) is 0 Å². The van der Waals surface area contributed by atoms with Crippen molar-refractivity contribution in [2.75, 3.05) is 0 Å². The van der Waals surface area contributed by atoms with Gasteiger partial charge in [0.25, 0.3) is 0 Å². The predicted octanol–water partition coefficient (Wildman–Crippen LogP) is 4.08. The number of hydrogen-bond acceptors (Lipinski definition) is 2. The molecular weight excluding hydrogens is 226 g/mol. The van der Waals surface area contributed by atoms with Gasteiger partial charge in [-0.15, -0.1) is 11.3 Å². The average Bonchev–Trinajstić information content (AvgIpc) is 2.95. The number of nitrogens with zero attached hydrogens (tertiary/aromatic N) is 1. The fourth-order valence-electron chi connectivity index (χ4n) is 2.61. The summed E-state index contributed by atoms with van der Waals surface area (Å²) in [6.45, 7) is 2.11. The van der Waals surface area contributed by atoms with Gasteiger partial charge in [-0.1, -0.05) is 6.07 Å². The number of fused-ring (bicyclic) bond motifs is 1. The second-order valence-electron chi connectivity index (χ2n) is 4.50. The number of aryl methyl sites for hydroxylation is 2. The van der Waals surface area contributed by atoms with Crippen LogP contribution < -0.4 is 0 Å². The van der Waals surface area contributed by atoms with Crippen LogP contribution in [0.1, 0.15) is 28.0 Å². The van der Waals surface area contributed by atoms with Crippen LogP contribution in [0, 0.1) is 18.3 Å². The monoisotopic (exact) mass is 239 g/mol. The van der Waals surface area contributed by atoms with Gasteiger partial charge in [0, 0.05) is 15.3 Å². The summed E-state index contributed by atoms with van der Waals surface area (Å²) in [5.74, 6) is 0. The zero-order chi connectivity index (χ0) is 11.8. The maximum absolute atomic E-state index is 9.27. The van der Waals surface area contributed by atoms with E-state index in [0.29, 0.717) is 0 Å². The highest BCUT2D eigenvalue weighted by atomic mass is 32.1. The van der Waals surface area contributed by atoms with Crippen LogP contribution in [0.5, 0.6) is 0 Å². The van der Waals surface area contributed by atoms with Crippen LogP contribution in [0.2, 0.25) is 0 Å². The Morgan fingerprint density at radius 1 is 1.18 bits per heavy atom. The van der Waals surface area contributed by atoms with E-state index in [1.165, 1.54) is 39.3 Å². The maximum atomic E-state index is 9.27. The summed E-state index contributed by atoms with van der Waals surface area (Å²) in [6.07, 6.45) is 3.51. The molecule has 2 heteroatoms. The standard InChI is InChI=1S/C15H13NS/c1-10-5-8-14(17-10)15-12(9-16)7-6-11-3-2-4-13(11)15/h5-8H,2-4H2,1H3. The van der Waals surface area contributed by atoms with Crippen molar-refractivity contribution >= 4 is 11.3 Å². The Hall–Kier alpha value is -1.59. The molecule has 17 heavy (non-hydrogen) atoms. The smallest absolute Gasteiger partial charge is 0.0998 e. The first-order valence-corrected chi connectivity index (χ1v) is 6.73. The summed E-state index contributed by atoms with van der Waals surface area (Å²) in [5, 5.41) is 9.27. The highest BCUT2D eigenvalue weighted by Gasteiger charge is 2.19. The van der Waals surface area contributed by atoms with Crippen molar-refractivity contribution in [1.82, 2.24) is 0 Å². The molecule has 0 atom stereocenters. The Balaban J connectivity index is 2.27. The lowest BCUT2D eigenvalue weighted by Gasteiger charge is -2.08. The molecule has 3 rings (SSSR count). The molecule has 0 N–H and O–H groups in total. The van der Waals surface area contributed by atoms with Crippen LogP contribution in [-0.4, -0.2) is 0 Å². The lowest BCUT2D eigenvalue weighted by molar-refractivity contribution is 0.912. The lowest BCUT2D eigenvalue weighted by atomic mass is 9.97. The molecule has 0 fully saturated rings. The van der Waals surface area contributed by atoms with Gasteiger partial charge in [-0.2, -0.15) is 5.26 Å². The summed E-state index contributed by atoms with van der Waals surface area (Å²) >= 11 is 1.79. The van der Waals surface area contributed by atoms with Crippen molar-refractivity contribution in [1.29, 1.82) is 5.26 Å². The third-order valence-corrected chi connectivity index (χ3v) is 4.41. The van der Waals surface area contributed by atoms with Gasteiger partial charge in [0.15, 0.2) is 0 Å². The summed E-state index contributed by atoms with van der Waals surface area (Å²) in [6, 6.07) is 10.7. The fraction of sp³-hybridized carbons (Fsp3) is 0.267. The number of hydrogen-bond donors (Lipinski definition) is 0. The van der Waals surface area contributed by atoms with E-state index in [-0.39, 0.29) is 0 Å². The van der Waals surface area contributed by atoms with Crippen molar-refractivity contribution in [2.45, 2.75) is 26.2 Å². The number of rotatable bonds is 1. The Bertz CT molecular complexity index is 616. The average molecular weight is 239 g/mol. The molecule has 0 spiro atoms. The Kier molecular flexibility index (Phi) is 2.49. The lowest BCUT2D eigenvalue weighted by Crippen LogP contribution is -1.91. The molecule has 1 nitrogen and oxygen atoms in total. The first-order valence-electron chi connectivity index (χ1n) is 5.91. The number of thiophene rings is 1. The zero-order valence-electron chi connectivity index (χ0n) is 9.79. The normalized spacial score (nSPS) is 13.4. The molecule has 1 aromatic heterocycles. The second kappa shape index (κ2) is 4.01. The van der Waals surface area contributed by atoms with Crippen molar-refractivity contribution in [3.63, 3.8) is 0 Å². The summed E-state index contributed by atoms with van der Waals surface area (Å²) in [4.78, 5) is 2.55. The van der Waals surface area contributed by atoms with Crippen molar-refractivity contribution in [3.8, 4) is 16.5 Å². The number of benzene rings is 1. The molecule has 0 saturated carbocycles. The van der Waals surface area contributed by atoms with E-state index in [0.717, 1.165) is 12.0 Å². The minimum Gasteiger partial charge on any atom is -0.192 e. The minimum atomic E-state index is 0.826. The Labute approximate surface area is 105 Å². The molecule has 1 aromatic carbocycles. The highest BCUT2D eigenvalue weighted by Crippen LogP contribution is 2.38. The van der Waals surface area contributed by atoms with Crippen LogP contribution in [0.15, 0.2) is 24.3 Å². The molecule has 0 bridgehead atoms. The van der Waals surface area contributed by atoms with Gasteiger partial charge in [-0.3, -0.25) is 0 Å². The van der Waals surface area contributed by atoms with Gasteiger partial charge < -0.3 is 0 Å². The number of nitriles is 1. The van der Waals surface area contributed by atoms with E-state index in [9.17, 15) is 5.26 Å². The van der Waals surface area contributed by atoms with Gasteiger partial charge in [-0.05, 0) is 55.5 Å². The summed E-state index contributed by atoms with van der Waals surface area (Å²) in [7, 11) is 0. The third kappa shape index (κ3) is 1.67. The molecular formula is C15H13NS. The Morgan fingerprint density at radius 2 is 2.06 bits per heavy atom. The topological polar surface area (TPSA) is 23.8 Å². The van der Waals surface area contributed by atoms with Crippen LogP contribution in [0.4, 0.5) is 0 Å². The second-order valence-corrected chi connectivity index (χ2v) is 5.79. The molecule has 0 amide bonds. The molecule has 1 heterocycles. The quantitative estimate of drug-likeness (QED) is 0.735. The molecule has 0 unspecified atom stereocenters. The van der Waals surface area contributed by atoms with Crippen LogP contribution in [0.25, 0.3) is 10.4 Å². The molecule has 1 aliphatic rings. The minimum absolute atomic E-state index is 0.826. The maximum Gasteiger partial charge on any atom is 0.0998 e. The summed E-state index contributed by atoms with van der Waals surface area (Å²) < 4.78 is 0. The first-order chi connectivity index (χ1) is 8.29. The van der Waals surface area contributed by atoms with E-state index >= 15 is 0 Å². The van der Waals surface area contributed by atoms with Gasteiger partial charge in [-0.25, -0.2) is 0 Å². The predicted molar refractivity (Wildman–Crippen MR) is 71.2 cm³/mol. The van der Waals surface area contributed by atoms with Crippen LogP contribution in [-0.2, 0) is 12.8 Å². The van der Waals surface area contributed by atoms with Gasteiger partial charge >= 0.3 is 0 Å². The molecule has 0 saturated heterocycles. The van der Waals surface area contributed by atoms with E-state index in [1.807, 2.05) is 6.07 Å². The Morgan fingerprint density at radius 3 is 2.76 bits per heavy atom. The fourth-order valence-corrected chi connectivity index (χ4v) is 3.56. The molecule has 84 valence electrons. The van der Waals surface area contributed by atoms with Gasteiger partial charge in [0.05, 0.1) is 11.6 Å². The van der Waals surface area contributed by atoms with E-state index < -0.39 is 0 Å². The van der Waals surface area contributed by atoms with E-state index in [4.69, 9.17) is 0 Å². The van der Waals surface area contributed by atoms with E-state index in [1.54, 1.807) is 11.3 Å². The highest BCUT2D eigenvalue weighted by molar-refractivity contribution is 7.15. The molecule has 0 radical (unpaired) electrons. The van der Waals surface area contributed by atoms with Crippen molar-refractivity contribution in [2.24, 2.45) is 0 Å². The first kappa shape index (κ1) is 10.6. The summed E-state index contributed by atoms with van der Waals surface area (Å²) in [5.41, 5.74) is 4.86. The third-order valence-electron chi connectivity index (χ3n) is 3.39. The molecule has 2 aromatic rings.